The molecule has 9 heteroatoms. The molecule has 8 nitrogen and oxygen atoms in total. The average molecular weight is 272 g/mol. The topological polar surface area (TPSA) is 137 Å². The van der Waals surface area contributed by atoms with Crippen molar-refractivity contribution in [3.8, 4) is 0 Å². The fraction of sp³-hybridized carbons (Fsp3) is 1.00. The molecule has 1 aliphatic carbocycles. The zero-order chi connectivity index (χ0) is 13.1. The Labute approximate surface area is 98.0 Å². The van der Waals surface area contributed by atoms with Crippen molar-refractivity contribution in [1.29, 1.82) is 0 Å². The lowest BCUT2D eigenvalue weighted by Gasteiger charge is -2.34. The van der Waals surface area contributed by atoms with Gasteiger partial charge in [0, 0.05) is 12.8 Å². The van der Waals surface area contributed by atoms with Gasteiger partial charge < -0.3 is 29.8 Å². The summed E-state index contributed by atoms with van der Waals surface area (Å²) < 4.78 is 19.6. The molecule has 4 atom stereocenters. The highest BCUT2D eigenvalue weighted by molar-refractivity contribution is 7.46. The van der Waals surface area contributed by atoms with Crippen molar-refractivity contribution in [2.75, 3.05) is 13.2 Å². The fourth-order valence-corrected chi connectivity index (χ4v) is 2.00. The molecule has 0 aromatic rings. The van der Waals surface area contributed by atoms with E-state index in [1.165, 1.54) is 0 Å². The van der Waals surface area contributed by atoms with Crippen molar-refractivity contribution in [1.82, 2.24) is 0 Å². The van der Waals surface area contributed by atoms with E-state index in [-0.39, 0.29) is 26.1 Å². The van der Waals surface area contributed by atoms with Crippen LogP contribution in [0.4, 0.5) is 0 Å². The molecule has 0 aromatic carbocycles. The normalized spacial score (nSPS) is 34.9. The summed E-state index contributed by atoms with van der Waals surface area (Å²) in [6, 6.07) is 0. The third kappa shape index (κ3) is 5.41. The van der Waals surface area contributed by atoms with Crippen molar-refractivity contribution in [3.63, 3.8) is 0 Å². The molecule has 17 heavy (non-hydrogen) atoms. The number of aliphatic hydroxyl groups excluding tert-OH is 3. The lowest BCUT2D eigenvalue weighted by molar-refractivity contribution is -0.142. The Kier molecular flexibility index (Phi) is 5.49. The van der Waals surface area contributed by atoms with Crippen LogP contribution < -0.4 is 0 Å². The quantitative estimate of drug-likeness (QED) is 0.297. The second kappa shape index (κ2) is 6.21. The fourth-order valence-electron chi connectivity index (χ4n) is 1.69. The van der Waals surface area contributed by atoms with Crippen molar-refractivity contribution in [3.05, 3.63) is 0 Å². The van der Waals surface area contributed by atoms with Crippen LogP contribution in [-0.4, -0.2) is 62.7 Å². The van der Waals surface area contributed by atoms with E-state index < -0.39 is 32.2 Å². The maximum Gasteiger partial charge on any atom is 0.469 e. The van der Waals surface area contributed by atoms with Crippen LogP contribution in [0.3, 0.4) is 0 Å². The van der Waals surface area contributed by atoms with Crippen LogP contribution in [0, 0.1) is 0 Å². The molecule has 0 aliphatic heterocycles. The van der Waals surface area contributed by atoms with Gasteiger partial charge >= 0.3 is 7.82 Å². The predicted octanol–water partition coefficient (Wildman–Crippen LogP) is -1.64. The van der Waals surface area contributed by atoms with Gasteiger partial charge in [0.05, 0.1) is 31.5 Å². The Morgan fingerprint density at radius 2 is 1.76 bits per heavy atom. The van der Waals surface area contributed by atoms with Crippen molar-refractivity contribution in [2.24, 2.45) is 0 Å². The first-order valence-corrected chi connectivity index (χ1v) is 6.68. The first-order valence-electron chi connectivity index (χ1n) is 5.15. The highest BCUT2D eigenvalue weighted by atomic mass is 31.2. The van der Waals surface area contributed by atoms with E-state index in [2.05, 4.69) is 4.52 Å². The lowest BCUT2D eigenvalue weighted by atomic mass is 9.90. The molecule has 1 fully saturated rings. The van der Waals surface area contributed by atoms with Gasteiger partial charge in [-0.05, 0) is 0 Å². The van der Waals surface area contributed by atoms with E-state index >= 15 is 0 Å². The summed E-state index contributed by atoms with van der Waals surface area (Å²) in [4.78, 5) is 16.8. The average Bonchev–Trinajstić information content (AvgIpc) is 2.18. The molecule has 1 rings (SSSR count). The smallest absolute Gasteiger partial charge is 0.393 e. The van der Waals surface area contributed by atoms with E-state index in [4.69, 9.17) is 14.5 Å². The minimum Gasteiger partial charge on any atom is -0.393 e. The van der Waals surface area contributed by atoms with Crippen molar-refractivity contribution >= 4 is 7.82 Å². The van der Waals surface area contributed by atoms with Gasteiger partial charge in [0.15, 0.2) is 0 Å². The Morgan fingerprint density at radius 1 is 1.12 bits per heavy atom. The molecule has 0 saturated heterocycles. The van der Waals surface area contributed by atoms with Crippen LogP contribution in [0.15, 0.2) is 0 Å². The number of hydrogen-bond donors (Lipinski definition) is 5. The van der Waals surface area contributed by atoms with Crippen LogP contribution in [0.5, 0.6) is 0 Å². The highest BCUT2D eigenvalue weighted by Crippen LogP contribution is 2.35. The number of ether oxygens (including phenoxy) is 1. The van der Waals surface area contributed by atoms with Gasteiger partial charge in [-0.1, -0.05) is 0 Å². The van der Waals surface area contributed by atoms with E-state index in [1.807, 2.05) is 0 Å². The summed E-state index contributed by atoms with van der Waals surface area (Å²) in [5.74, 6) is 0. The molecule has 102 valence electrons. The first-order chi connectivity index (χ1) is 7.79. The monoisotopic (exact) mass is 272 g/mol. The minimum absolute atomic E-state index is 0.0833. The van der Waals surface area contributed by atoms with Crippen LogP contribution >= 0.6 is 7.82 Å². The van der Waals surface area contributed by atoms with E-state index in [0.717, 1.165) is 0 Å². The van der Waals surface area contributed by atoms with Crippen molar-refractivity contribution in [2.45, 2.75) is 37.3 Å². The molecule has 1 aliphatic rings. The van der Waals surface area contributed by atoms with Gasteiger partial charge in [-0.25, -0.2) is 4.57 Å². The summed E-state index contributed by atoms with van der Waals surface area (Å²) >= 11 is 0. The van der Waals surface area contributed by atoms with Gasteiger partial charge in [-0.3, -0.25) is 4.52 Å². The summed E-state index contributed by atoms with van der Waals surface area (Å²) in [5.41, 5.74) is 0. The van der Waals surface area contributed by atoms with Crippen LogP contribution in [0.1, 0.15) is 12.8 Å². The number of aliphatic hydroxyl groups is 3. The summed E-state index contributed by atoms with van der Waals surface area (Å²) in [6.45, 7) is -0.480. The SMILES string of the molecule is O=P(O)(O)OCCO[C@@H]1C[C@H](O)C[C@@H](O)[C@H]1O. The zero-order valence-corrected chi connectivity index (χ0v) is 9.94. The lowest BCUT2D eigenvalue weighted by Crippen LogP contribution is -2.47. The Hall–Kier alpha value is -0.0500. The van der Waals surface area contributed by atoms with Gasteiger partial charge in [0.2, 0.25) is 0 Å². The highest BCUT2D eigenvalue weighted by Gasteiger charge is 2.35. The molecular formula is C8H17O8P. The molecular weight excluding hydrogens is 255 g/mol. The predicted molar refractivity (Wildman–Crippen MR) is 55.0 cm³/mol. The van der Waals surface area contributed by atoms with E-state index in [9.17, 15) is 19.9 Å². The Balaban J connectivity index is 2.28. The van der Waals surface area contributed by atoms with Crippen molar-refractivity contribution < 1.29 is 38.9 Å². The number of phosphoric acid groups is 1. The molecule has 1 saturated carbocycles. The van der Waals surface area contributed by atoms with Crippen LogP contribution in [-0.2, 0) is 13.8 Å². The number of hydrogen-bond acceptors (Lipinski definition) is 6. The third-order valence-corrected chi connectivity index (χ3v) is 2.99. The summed E-state index contributed by atoms with van der Waals surface area (Å²) in [7, 11) is -4.52. The Bertz CT molecular complexity index is 279. The summed E-state index contributed by atoms with van der Waals surface area (Å²) in [5, 5.41) is 28.2. The van der Waals surface area contributed by atoms with Gasteiger partial charge in [-0.2, -0.15) is 0 Å². The second-order valence-corrected chi connectivity index (χ2v) is 5.16. The molecule has 0 aromatic heterocycles. The largest absolute Gasteiger partial charge is 0.469 e. The first kappa shape index (κ1) is 15.0. The minimum atomic E-state index is -4.52. The van der Waals surface area contributed by atoms with Crippen LogP contribution in [0.2, 0.25) is 0 Å². The van der Waals surface area contributed by atoms with E-state index in [0.29, 0.717) is 0 Å². The third-order valence-electron chi connectivity index (χ3n) is 2.47. The molecule has 0 spiro atoms. The Morgan fingerprint density at radius 3 is 2.35 bits per heavy atom. The molecule has 0 heterocycles. The van der Waals surface area contributed by atoms with Gasteiger partial charge in [0.25, 0.3) is 0 Å². The maximum absolute atomic E-state index is 10.3. The van der Waals surface area contributed by atoms with Gasteiger partial charge in [-0.15, -0.1) is 0 Å². The molecule has 5 N–H and O–H groups in total. The second-order valence-electron chi connectivity index (χ2n) is 3.92. The summed E-state index contributed by atoms with van der Waals surface area (Å²) in [6.07, 6.45) is -3.47. The van der Waals surface area contributed by atoms with E-state index in [1.54, 1.807) is 0 Å². The maximum atomic E-state index is 10.3. The zero-order valence-electron chi connectivity index (χ0n) is 9.05. The molecule has 0 bridgehead atoms. The number of phosphoric ester groups is 1. The standard InChI is InChI=1S/C8H17O8P/c9-5-3-6(10)8(11)7(4-5)15-1-2-16-17(12,13)14/h5-11H,1-4H2,(H2,12,13,14)/t5-,6-,7-,8-/m1/s1. The molecule has 0 unspecified atom stereocenters. The molecule has 0 amide bonds. The van der Waals surface area contributed by atoms with Gasteiger partial charge in [0.1, 0.15) is 6.10 Å². The number of rotatable bonds is 5. The molecule has 0 radical (unpaired) electrons. The van der Waals surface area contributed by atoms with Crippen LogP contribution in [0.25, 0.3) is 0 Å².